The first-order chi connectivity index (χ1) is 13.6. The van der Waals surface area contributed by atoms with E-state index in [2.05, 4.69) is 10.2 Å². The quantitative estimate of drug-likeness (QED) is 0.642. The Kier molecular flexibility index (Phi) is 5.71. The van der Waals surface area contributed by atoms with Crippen molar-refractivity contribution in [3.8, 4) is 11.3 Å². The molecule has 1 saturated heterocycles. The monoisotopic (exact) mass is 401 g/mol. The summed E-state index contributed by atoms with van der Waals surface area (Å²) in [5.74, 6) is 0.610. The highest BCUT2D eigenvalue weighted by molar-refractivity contribution is 6.33. The zero-order valence-electron chi connectivity index (χ0n) is 15.9. The molecule has 6 nitrogen and oxygen atoms in total. The molecule has 4 rings (SSSR count). The van der Waals surface area contributed by atoms with Crippen LogP contribution in [0.1, 0.15) is 16.9 Å². The van der Waals surface area contributed by atoms with E-state index in [-0.39, 0.29) is 5.91 Å². The highest BCUT2D eigenvalue weighted by atomic mass is 35.5. The average molecular weight is 402 g/mol. The molecule has 7 heteroatoms. The number of nitrogens with zero attached hydrogens (tertiary/aromatic N) is 2. The Bertz CT molecular complexity index is 973. The number of furan rings is 1. The summed E-state index contributed by atoms with van der Waals surface area (Å²) in [6, 6.07) is 11.3. The van der Waals surface area contributed by atoms with Gasteiger partial charge in [-0.3, -0.25) is 9.69 Å². The molecule has 0 radical (unpaired) electrons. The molecule has 2 aromatic heterocycles. The molecular weight excluding hydrogens is 378 g/mol. The zero-order valence-corrected chi connectivity index (χ0v) is 16.7. The Hall–Kier alpha value is -2.28. The highest BCUT2D eigenvalue weighted by Gasteiger charge is 2.18. The van der Waals surface area contributed by atoms with Crippen molar-refractivity contribution in [2.75, 3.05) is 39.4 Å². The minimum Gasteiger partial charge on any atom is -0.454 e. The molecule has 0 saturated carbocycles. The lowest BCUT2D eigenvalue weighted by molar-refractivity contribution is 0.0374. The van der Waals surface area contributed by atoms with Gasteiger partial charge in [-0.2, -0.15) is 0 Å². The number of aryl methyl sites for hydroxylation is 1. The first-order valence-electron chi connectivity index (χ1n) is 9.56. The Labute approximate surface area is 169 Å². The highest BCUT2D eigenvalue weighted by Crippen LogP contribution is 2.33. The molecule has 148 valence electrons. The van der Waals surface area contributed by atoms with Gasteiger partial charge in [0, 0.05) is 44.4 Å². The molecule has 1 aliphatic rings. The number of hydrogen-bond donors (Lipinski definition) is 1. The van der Waals surface area contributed by atoms with E-state index in [1.54, 1.807) is 6.07 Å². The van der Waals surface area contributed by atoms with Crippen molar-refractivity contribution >= 4 is 28.6 Å². The van der Waals surface area contributed by atoms with E-state index in [0.717, 1.165) is 50.3 Å². The summed E-state index contributed by atoms with van der Waals surface area (Å²) >= 11 is 6.26. The molecular formula is C21H24ClN3O3. The molecule has 1 aromatic carbocycles. The summed E-state index contributed by atoms with van der Waals surface area (Å²) in [6.45, 7) is 5.15. The van der Waals surface area contributed by atoms with E-state index in [4.69, 9.17) is 20.8 Å². The molecule has 1 aliphatic heterocycles. The number of hydrogen-bond acceptors (Lipinski definition) is 4. The number of halogens is 1. The van der Waals surface area contributed by atoms with Gasteiger partial charge in [0.25, 0.3) is 5.91 Å². The molecule has 0 unspecified atom stereocenters. The topological polar surface area (TPSA) is 59.6 Å². The van der Waals surface area contributed by atoms with E-state index in [1.165, 1.54) is 0 Å². The molecule has 1 fully saturated rings. The lowest BCUT2D eigenvalue weighted by Crippen LogP contribution is -2.38. The molecule has 1 amide bonds. The minimum atomic E-state index is -0.0878. The van der Waals surface area contributed by atoms with Crippen LogP contribution in [0.5, 0.6) is 0 Å². The maximum atomic E-state index is 12.6. The molecule has 3 heterocycles. The number of rotatable bonds is 6. The van der Waals surface area contributed by atoms with Crippen LogP contribution in [0.15, 0.2) is 40.8 Å². The predicted molar refractivity (Wildman–Crippen MR) is 110 cm³/mol. The van der Waals surface area contributed by atoms with Crippen LogP contribution in [-0.4, -0.2) is 54.8 Å². The number of morpholine rings is 1. The van der Waals surface area contributed by atoms with Gasteiger partial charge >= 0.3 is 0 Å². The third-order valence-corrected chi connectivity index (χ3v) is 5.47. The first kappa shape index (κ1) is 19.1. The van der Waals surface area contributed by atoms with Gasteiger partial charge in [-0.1, -0.05) is 23.7 Å². The van der Waals surface area contributed by atoms with Crippen LogP contribution in [0, 0.1) is 0 Å². The van der Waals surface area contributed by atoms with Crippen molar-refractivity contribution in [3.63, 3.8) is 0 Å². The molecule has 0 spiro atoms. The SMILES string of the molecule is Cn1c(C(=O)NCCCN2CCOCC2)cc2oc(-c3ccccc3Cl)cc21. The fourth-order valence-corrected chi connectivity index (χ4v) is 3.77. The third-order valence-electron chi connectivity index (χ3n) is 5.14. The van der Waals surface area contributed by atoms with Crippen LogP contribution < -0.4 is 5.32 Å². The number of benzene rings is 1. The van der Waals surface area contributed by atoms with Gasteiger partial charge in [-0.15, -0.1) is 0 Å². The summed E-state index contributed by atoms with van der Waals surface area (Å²) in [5, 5.41) is 3.64. The van der Waals surface area contributed by atoms with Crippen LogP contribution in [0.4, 0.5) is 0 Å². The van der Waals surface area contributed by atoms with Crippen molar-refractivity contribution in [2.45, 2.75) is 6.42 Å². The normalized spacial score (nSPS) is 15.2. The van der Waals surface area contributed by atoms with Crippen LogP contribution in [-0.2, 0) is 11.8 Å². The maximum absolute atomic E-state index is 12.6. The van der Waals surface area contributed by atoms with Crippen molar-refractivity contribution < 1.29 is 13.9 Å². The van der Waals surface area contributed by atoms with E-state index < -0.39 is 0 Å². The molecule has 0 atom stereocenters. The smallest absolute Gasteiger partial charge is 0.268 e. The first-order valence-corrected chi connectivity index (χ1v) is 9.94. The molecule has 0 aliphatic carbocycles. The number of amides is 1. The van der Waals surface area contributed by atoms with E-state index >= 15 is 0 Å². The summed E-state index contributed by atoms with van der Waals surface area (Å²) in [7, 11) is 1.87. The summed E-state index contributed by atoms with van der Waals surface area (Å²) in [6.07, 6.45) is 0.920. The van der Waals surface area contributed by atoms with Crippen molar-refractivity contribution in [3.05, 3.63) is 47.1 Å². The van der Waals surface area contributed by atoms with Gasteiger partial charge in [0.2, 0.25) is 0 Å². The summed E-state index contributed by atoms with van der Waals surface area (Å²) < 4.78 is 13.2. The van der Waals surface area contributed by atoms with Crippen LogP contribution in [0.3, 0.4) is 0 Å². The number of fused-ring (bicyclic) bond motifs is 1. The standard InChI is InChI=1S/C21H24ClN3O3/c1-24-17-13-19(15-5-2-3-6-16(15)22)28-20(17)14-18(24)21(26)23-7-4-8-25-9-11-27-12-10-25/h2-3,5-6,13-14H,4,7-12H2,1H3,(H,23,26). The van der Waals surface area contributed by atoms with Gasteiger partial charge < -0.3 is 19.0 Å². The molecule has 1 N–H and O–H groups in total. The number of carbonyl (C=O) groups excluding carboxylic acids is 1. The molecule has 0 bridgehead atoms. The van der Waals surface area contributed by atoms with Gasteiger partial charge in [-0.25, -0.2) is 0 Å². The lowest BCUT2D eigenvalue weighted by Gasteiger charge is -2.26. The van der Waals surface area contributed by atoms with Crippen LogP contribution >= 0.6 is 11.6 Å². The van der Waals surface area contributed by atoms with Gasteiger partial charge in [0.15, 0.2) is 5.58 Å². The van der Waals surface area contributed by atoms with Gasteiger partial charge in [0.05, 0.1) is 23.8 Å². The van der Waals surface area contributed by atoms with Gasteiger partial charge in [0.1, 0.15) is 11.5 Å². The van der Waals surface area contributed by atoms with E-state index in [1.807, 2.05) is 41.9 Å². The fourth-order valence-electron chi connectivity index (χ4n) is 3.54. The second-order valence-corrected chi connectivity index (χ2v) is 7.40. The molecule has 3 aromatic rings. The summed E-state index contributed by atoms with van der Waals surface area (Å²) in [4.78, 5) is 14.9. The Morgan fingerprint density at radius 2 is 2.00 bits per heavy atom. The second kappa shape index (κ2) is 8.39. The summed E-state index contributed by atoms with van der Waals surface area (Å²) in [5.41, 5.74) is 2.98. The minimum absolute atomic E-state index is 0.0878. The van der Waals surface area contributed by atoms with Crippen LogP contribution in [0.2, 0.25) is 5.02 Å². The largest absolute Gasteiger partial charge is 0.454 e. The molecule has 28 heavy (non-hydrogen) atoms. The second-order valence-electron chi connectivity index (χ2n) is 6.99. The number of nitrogens with one attached hydrogen (secondary N) is 1. The van der Waals surface area contributed by atoms with Crippen molar-refractivity contribution in [2.24, 2.45) is 7.05 Å². The van der Waals surface area contributed by atoms with E-state index in [0.29, 0.717) is 28.6 Å². The van der Waals surface area contributed by atoms with Gasteiger partial charge in [-0.05, 0) is 25.1 Å². The Morgan fingerprint density at radius 1 is 1.21 bits per heavy atom. The van der Waals surface area contributed by atoms with Crippen LogP contribution in [0.25, 0.3) is 22.4 Å². The number of carbonyl (C=O) groups is 1. The Morgan fingerprint density at radius 3 is 2.75 bits per heavy atom. The Balaban J connectivity index is 1.40. The van der Waals surface area contributed by atoms with Crippen molar-refractivity contribution in [1.29, 1.82) is 0 Å². The fraction of sp³-hybridized carbons (Fsp3) is 0.381. The lowest BCUT2D eigenvalue weighted by atomic mass is 10.2. The number of ether oxygens (including phenoxy) is 1. The zero-order chi connectivity index (χ0) is 19.5. The van der Waals surface area contributed by atoms with E-state index in [9.17, 15) is 4.79 Å². The number of aromatic nitrogens is 1. The predicted octanol–water partition coefficient (Wildman–Crippen LogP) is 3.54. The maximum Gasteiger partial charge on any atom is 0.268 e. The third kappa shape index (κ3) is 3.94. The average Bonchev–Trinajstić information content (AvgIpc) is 3.26. The van der Waals surface area contributed by atoms with Crippen molar-refractivity contribution in [1.82, 2.24) is 14.8 Å².